The number of rotatable bonds is 5. The number of hydrogen-bond acceptors (Lipinski definition) is 4. The fourth-order valence-electron chi connectivity index (χ4n) is 3.40. The lowest BCUT2D eigenvalue weighted by Crippen LogP contribution is -2.32. The summed E-state index contributed by atoms with van der Waals surface area (Å²) in [6.45, 7) is 0. The average Bonchev–Trinajstić information content (AvgIpc) is 3.00. The second-order valence-electron chi connectivity index (χ2n) is 6.35. The Bertz CT molecular complexity index is 1020. The van der Waals surface area contributed by atoms with Crippen LogP contribution in [0.15, 0.2) is 66.7 Å². The molecule has 0 spiro atoms. The van der Waals surface area contributed by atoms with Crippen LogP contribution in [0.4, 0.5) is 11.4 Å². The SMILES string of the molecule is COc1ccc(OC)c(N[C@@H]2c3ccccc3C(=O)N2c2ccc(Cl)cc2)c1. The molecule has 0 unspecified atom stereocenters. The Balaban J connectivity index is 1.80. The molecule has 0 bridgehead atoms. The van der Waals surface area contributed by atoms with E-state index in [9.17, 15) is 4.79 Å². The van der Waals surface area contributed by atoms with E-state index in [0.29, 0.717) is 22.1 Å². The predicted octanol–water partition coefficient (Wildman–Crippen LogP) is 5.13. The summed E-state index contributed by atoms with van der Waals surface area (Å²) >= 11 is 6.03. The second-order valence-corrected chi connectivity index (χ2v) is 6.79. The predicted molar refractivity (Wildman–Crippen MR) is 111 cm³/mol. The topological polar surface area (TPSA) is 50.8 Å². The molecular weight excluding hydrogens is 376 g/mol. The van der Waals surface area contributed by atoms with Gasteiger partial charge in [0.2, 0.25) is 0 Å². The van der Waals surface area contributed by atoms with Crippen molar-refractivity contribution in [1.29, 1.82) is 0 Å². The van der Waals surface area contributed by atoms with Crippen molar-refractivity contribution < 1.29 is 14.3 Å². The molecule has 1 amide bonds. The summed E-state index contributed by atoms with van der Waals surface area (Å²) in [6, 6.07) is 20.3. The average molecular weight is 395 g/mol. The molecule has 0 aromatic heterocycles. The molecule has 3 aromatic carbocycles. The maximum absolute atomic E-state index is 13.2. The molecule has 0 radical (unpaired) electrons. The number of ether oxygens (including phenoxy) is 2. The first kappa shape index (κ1) is 18.2. The second kappa shape index (κ2) is 7.44. The number of carbonyl (C=O) groups is 1. The Labute approximate surface area is 168 Å². The molecule has 1 heterocycles. The summed E-state index contributed by atoms with van der Waals surface area (Å²) in [5.74, 6) is 1.28. The fraction of sp³-hybridized carbons (Fsp3) is 0.136. The van der Waals surface area contributed by atoms with Crippen LogP contribution in [0.1, 0.15) is 22.1 Å². The van der Waals surface area contributed by atoms with Crippen LogP contribution < -0.4 is 19.7 Å². The number of nitrogens with one attached hydrogen (secondary N) is 1. The highest BCUT2D eigenvalue weighted by molar-refractivity contribution is 6.30. The van der Waals surface area contributed by atoms with Crippen LogP contribution in [-0.4, -0.2) is 20.1 Å². The van der Waals surface area contributed by atoms with Crippen molar-refractivity contribution in [3.05, 3.63) is 82.9 Å². The molecule has 6 heteroatoms. The third-order valence-corrected chi connectivity index (χ3v) is 5.02. The first-order chi connectivity index (χ1) is 13.6. The first-order valence-electron chi connectivity index (χ1n) is 8.79. The van der Waals surface area contributed by atoms with E-state index in [1.54, 1.807) is 31.3 Å². The zero-order valence-corrected chi connectivity index (χ0v) is 16.2. The van der Waals surface area contributed by atoms with Crippen molar-refractivity contribution in [3.63, 3.8) is 0 Å². The Morgan fingerprint density at radius 2 is 1.71 bits per heavy atom. The van der Waals surface area contributed by atoms with Crippen LogP contribution in [0, 0.1) is 0 Å². The van der Waals surface area contributed by atoms with E-state index in [-0.39, 0.29) is 5.91 Å². The van der Waals surface area contributed by atoms with Gasteiger partial charge in [0, 0.05) is 27.9 Å². The lowest BCUT2D eigenvalue weighted by molar-refractivity contribution is 0.0993. The number of hydrogen-bond donors (Lipinski definition) is 1. The zero-order valence-electron chi connectivity index (χ0n) is 15.5. The summed E-state index contributed by atoms with van der Waals surface area (Å²) < 4.78 is 10.8. The summed E-state index contributed by atoms with van der Waals surface area (Å²) in [5.41, 5.74) is 3.05. The lowest BCUT2D eigenvalue weighted by atomic mass is 10.1. The van der Waals surface area contributed by atoms with Crippen LogP contribution in [0.25, 0.3) is 0 Å². The minimum absolute atomic E-state index is 0.0720. The highest BCUT2D eigenvalue weighted by atomic mass is 35.5. The van der Waals surface area contributed by atoms with Gasteiger partial charge in [-0.1, -0.05) is 29.8 Å². The van der Waals surface area contributed by atoms with E-state index < -0.39 is 6.17 Å². The Morgan fingerprint density at radius 3 is 2.43 bits per heavy atom. The van der Waals surface area contributed by atoms with Crippen LogP contribution >= 0.6 is 11.6 Å². The molecule has 1 aliphatic rings. The van der Waals surface area contributed by atoms with E-state index in [2.05, 4.69) is 5.32 Å². The molecule has 3 aromatic rings. The summed E-state index contributed by atoms with van der Waals surface area (Å²) in [7, 11) is 3.22. The molecule has 5 nitrogen and oxygen atoms in total. The Kier molecular flexibility index (Phi) is 4.84. The first-order valence-corrected chi connectivity index (χ1v) is 9.17. The van der Waals surface area contributed by atoms with Gasteiger partial charge in [0.15, 0.2) is 0 Å². The Morgan fingerprint density at radius 1 is 0.964 bits per heavy atom. The smallest absolute Gasteiger partial charge is 0.260 e. The van der Waals surface area contributed by atoms with Crippen molar-refractivity contribution >= 4 is 28.9 Å². The minimum Gasteiger partial charge on any atom is -0.497 e. The van der Waals surface area contributed by atoms with Gasteiger partial charge in [-0.15, -0.1) is 0 Å². The van der Waals surface area contributed by atoms with E-state index in [1.807, 2.05) is 54.6 Å². The summed E-state index contributed by atoms with van der Waals surface area (Å²) in [6.07, 6.45) is -0.397. The number of anilines is 2. The molecule has 1 N–H and O–H groups in total. The number of carbonyl (C=O) groups excluding carboxylic acids is 1. The Hall–Kier alpha value is -3.18. The van der Waals surface area contributed by atoms with Gasteiger partial charge in [-0.3, -0.25) is 9.69 Å². The van der Waals surface area contributed by atoms with Crippen molar-refractivity contribution in [2.24, 2.45) is 0 Å². The van der Waals surface area contributed by atoms with Gasteiger partial charge in [-0.05, 0) is 42.5 Å². The van der Waals surface area contributed by atoms with Gasteiger partial charge in [-0.2, -0.15) is 0 Å². The van der Waals surface area contributed by atoms with Crippen LogP contribution in [0.2, 0.25) is 5.02 Å². The zero-order chi connectivity index (χ0) is 19.7. The molecule has 1 aliphatic heterocycles. The molecule has 142 valence electrons. The molecule has 4 rings (SSSR count). The van der Waals surface area contributed by atoms with E-state index in [1.165, 1.54) is 0 Å². The highest BCUT2D eigenvalue weighted by Gasteiger charge is 2.38. The molecule has 0 saturated carbocycles. The third kappa shape index (κ3) is 3.14. The van der Waals surface area contributed by atoms with Gasteiger partial charge < -0.3 is 14.8 Å². The molecule has 1 atom stereocenters. The highest BCUT2D eigenvalue weighted by Crippen LogP contribution is 2.40. The maximum atomic E-state index is 13.2. The largest absolute Gasteiger partial charge is 0.497 e. The number of nitrogens with zero attached hydrogens (tertiary/aromatic N) is 1. The van der Waals surface area contributed by atoms with Gasteiger partial charge in [0.25, 0.3) is 5.91 Å². The quantitative estimate of drug-likeness (QED) is 0.651. The van der Waals surface area contributed by atoms with Crippen LogP contribution in [0.3, 0.4) is 0 Å². The fourth-order valence-corrected chi connectivity index (χ4v) is 3.53. The monoisotopic (exact) mass is 394 g/mol. The molecule has 0 aliphatic carbocycles. The third-order valence-electron chi connectivity index (χ3n) is 4.77. The van der Waals surface area contributed by atoms with Crippen molar-refractivity contribution in [1.82, 2.24) is 0 Å². The molecule has 0 saturated heterocycles. The van der Waals surface area contributed by atoms with Crippen molar-refractivity contribution in [2.45, 2.75) is 6.17 Å². The maximum Gasteiger partial charge on any atom is 0.260 e. The molecule has 28 heavy (non-hydrogen) atoms. The van der Waals surface area contributed by atoms with Crippen molar-refractivity contribution in [3.8, 4) is 11.5 Å². The van der Waals surface area contributed by atoms with Crippen LogP contribution in [0.5, 0.6) is 11.5 Å². The van der Waals surface area contributed by atoms with Crippen LogP contribution in [-0.2, 0) is 0 Å². The lowest BCUT2D eigenvalue weighted by Gasteiger charge is -2.28. The summed E-state index contributed by atoms with van der Waals surface area (Å²) in [5, 5.41) is 4.07. The number of methoxy groups -OCH3 is 2. The number of halogens is 1. The van der Waals surface area contributed by atoms with Gasteiger partial charge in [0.05, 0.1) is 19.9 Å². The number of benzene rings is 3. The van der Waals surface area contributed by atoms with Gasteiger partial charge in [0.1, 0.15) is 17.7 Å². The molecular formula is C22H19ClN2O3. The standard InChI is InChI=1S/C22H19ClN2O3/c1-27-16-11-12-20(28-2)19(13-16)24-21-17-5-3-4-6-18(17)22(26)25(21)15-9-7-14(23)8-10-15/h3-13,21,24H,1-2H3/t21-/m0/s1. The van der Waals surface area contributed by atoms with E-state index in [4.69, 9.17) is 21.1 Å². The van der Waals surface area contributed by atoms with Gasteiger partial charge in [-0.25, -0.2) is 0 Å². The van der Waals surface area contributed by atoms with E-state index >= 15 is 0 Å². The van der Waals surface area contributed by atoms with E-state index in [0.717, 1.165) is 16.9 Å². The number of amides is 1. The molecule has 0 fully saturated rings. The van der Waals surface area contributed by atoms with Crippen molar-refractivity contribution in [2.75, 3.05) is 24.4 Å². The number of fused-ring (bicyclic) bond motifs is 1. The normalized spacial score (nSPS) is 15.3. The summed E-state index contributed by atoms with van der Waals surface area (Å²) in [4.78, 5) is 14.9. The van der Waals surface area contributed by atoms with Gasteiger partial charge >= 0.3 is 0 Å². The minimum atomic E-state index is -0.397.